The molecule has 0 unspecified atom stereocenters. The number of anilines is 2. The molecule has 13 heteroatoms. The molecular weight excluding hydrogens is 516 g/mol. The fourth-order valence-corrected chi connectivity index (χ4v) is 4.62. The van der Waals surface area contributed by atoms with Gasteiger partial charge in [-0.05, 0) is 30.7 Å². The molecule has 0 radical (unpaired) electrons. The van der Waals surface area contributed by atoms with Gasteiger partial charge in [-0.25, -0.2) is 9.37 Å². The van der Waals surface area contributed by atoms with Gasteiger partial charge in [0.15, 0.2) is 11.6 Å². The Labute approximate surface area is 213 Å². The van der Waals surface area contributed by atoms with Crippen molar-refractivity contribution in [1.29, 1.82) is 0 Å². The number of halogens is 5. The van der Waals surface area contributed by atoms with Crippen LogP contribution in [0.25, 0.3) is 22.2 Å². The summed E-state index contributed by atoms with van der Waals surface area (Å²) >= 11 is 6.14. The zero-order valence-electron chi connectivity index (χ0n) is 19.5. The summed E-state index contributed by atoms with van der Waals surface area (Å²) in [5.41, 5.74) is 2.76. The molecular formula is C24H21ClF4N6O2. The lowest BCUT2D eigenvalue weighted by Crippen LogP contribution is -2.49. The average molecular weight is 537 g/mol. The average Bonchev–Trinajstić information content (AvgIpc) is 3.47. The number of hydrogen-bond donors (Lipinski definition) is 2. The molecule has 0 bridgehead atoms. The van der Waals surface area contributed by atoms with Crippen LogP contribution in [0.3, 0.4) is 0 Å². The second-order valence-corrected chi connectivity index (χ2v) is 9.22. The largest absolute Gasteiger partial charge is 0.401 e. The molecule has 0 saturated carbocycles. The van der Waals surface area contributed by atoms with E-state index in [0.717, 1.165) is 16.5 Å². The number of nitrogens with one attached hydrogen (secondary N) is 2. The molecule has 8 nitrogen and oxygen atoms in total. The van der Waals surface area contributed by atoms with E-state index < -0.39 is 24.4 Å². The standard InChI is InChI=1S/C24H21ClF4N6O2/c1-13-6-15(25)8-16-19(11-30-21(13)16)32-23(36)20-9-18(33-37-20)14-7-17(26)22(31-10-14)35-4-2-34(3-5-35)12-24(27,28)29/h6-11,30H,2-5,12H2,1H3,(H,32,36). The number of aromatic amines is 1. The number of aryl methyl sites for hydroxylation is 1. The predicted octanol–water partition coefficient (Wildman–Crippen LogP) is 5.26. The maximum absolute atomic E-state index is 14.9. The van der Waals surface area contributed by atoms with Crippen LogP contribution in [0.4, 0.5) is 29.1 Å². The first-order valence-corrected chi connectivity index (χ1v) is 11.7. The summed E-state index contributed by atoms with van der Waals surface area (Å²) in [6, 6.07) is 6.11. The molecule has 37 heavy (non-hydrogen) atoms. The van der Waals surface area contributed by atoms with E-state index in [1.54, 1.807) is 23.2 Å². The first-order valence-electron chi connectivity index (χ1n) is 11.3. The summed E-state index contributed by atoms with van der Waals surface area (Å²) in [6.07, 6.45) is -1.25. The van der Waals surface area contributed by atoms with Crippen molar-refractivity contribution in [2.24, 2.45) is 0 Å². The molecule has 1 aliphatic heterocycles. The number of rotatable bonds is 5. The number of nitrogens with zero attached hydrogens (tertiary/aromatic N) is 4. The Hall–Kier alpha value is -3.64. The molecule has 1 aromatic carbocycles. The van der Waals surface area contributed by atoms with Crippen LogP contribution in [0.2, 0.25) is 5.02 Å². The van der Waals surface area contributed by atoms with Gasteiger partial charge in [0.2, 0.25) is 5.76 Å². The molecule has 0 aliphatic carbocycles. The van der Waals surface area contributed by atoms with E-state index in [1.165, 1.54) is 23.2 Å². The van der Waals surface area contributed by atoms with E-state index >= 15 is 0 Å². The number of aromatic nitrogens is 3. The third kappa shape index (κ3) is 5.39. The first-order chi connectivity index (χ1) is 17.6. The number of amides is 1. The van der Waals surface area contributed by atoms with Gasteiger partial charge in [-0.3, -0.25) is 9.69 Å². The lowest BCUT2D eigenvalue weighted by Gasteiger charge is -2.35. The summed E-state index contributed by atoms with van der Waals surface area (Å²) in [4.78, 5) is 22.9. The molecule has 1 saturated heterocycles. The van der Waals surface area contributed by atoms with E-state index in [1.807, 2.05) is 6.92 Å². The van der Waals surface area contributed by atoms with Crippen LogP contribution in [0, 0.1) is 12.7 Å². The van der Waals surface area contributed by atoms with Gasteiger partial charge in [-0.2, -0.15) is 13.2 Å². The highest BCUT2D eigenvalue weighted by Gasteiger charge is 2.32. The Morgan fingerprint density at radius 3 is 2.65 bits per heavy atom. The number of benzene rings is 1. The van der Waals surface area contributed by atoms with Gasteiger partial charge in [0.05, 0.1) is 17.7 Å². The fourth-order valence-electron chi connectivity index (χ4n) is 4.35. The van der Waals surface area contributed by atoms with Gasteiger partial charge in [0.25, 0.3) is 5.91 Å². The third-order valence-electron chi connectivity index (χ3n) is 6.13. The number of H-pyrrole nitrogens is 1. The highest BCUT2D eigenvalue weighted by atomic mass is 35.5. The maximum atomic E-state index is 14.9. The zero-order valence-corrected chi connectivity index (χ0v) is 20.3. The monoisotopic (exact) mass is 536 g/mol. The predicted molar refractivity (Wildman–Crippen MR) is 130 cm³/mol. The van der Waals surface area contributed by atoms with Gasteiger partial charge in [0, 0.05) is 60.6 Å². The summed E-state index contributed by atoms with van der Waals surface area (Å²) in [7, 11) is 0. The molecule has 0 spiro atoms. The van der Waals surface area contributed by atoms with Crippen LogP contribution in [0.1, 0.15) is 16.1 Å². The SMILES string of the molecule is Cc1cc(Cl)cc2c(NC(=O)c3cc(-c4cnc(N5CCN(CC(F)(F)F)CC5)c(F)c4)no3)c[nH]c12. The third-order valence-corrected chi connectivity index (χ3v) is 6.34. The van der Waals surface area contributed by atoms with E-state index in [0.29, 0.717) is 10.7 Å². The molecule has 3 aromatic heterocycles. The van der Waals surface area contributed by atoms with Crippen molar-refractivity contribution in [1.82, 2.24) is 20.0 Å². The maximum Gasteiger partial charge on any atom is 0.401 e. The molecule has 4 aromatic rings. The van der Waals surface area contributed by atoms with Gasteiger partial charge < -0.3 is 19.7 Å². The van der Waals surface area contributed by atoms with Gasteiger partial charge in [0.1, 0.15) is 5.69 Å². The van der Waals surface area contributed by atoms with Crippen molar-refractivity contribution >= 4 is 39.9 Å². The van der Waals surface area contributed by atoms with E-state index in [9.17, 15) is 22.4 Å². The number of piperazine rings is 1. The van der Waals surface area contributed by atoms with Gasteiger partial charge in [-0.1, -0.05) is 16.8 Å². The Morgan fingerprint density at radius 1 is 1.19 bits per heavy atom. The minimum atomic E-state index is -4.27. The van der Waals surface area contributed by atoms with E-state index in [4.69, 9.17) is 16.1 Å². The Bertz CT molecular complexity index is 1460. The summed E-state index contributed by atoms with van der Waals surface area (Å²) in [5.74, 6) is -1.25. The van der Waals surface area contributed by atoms with Crippen molar-refractivity contribution in [2.75, 3.05) is 42.9 Å². The van der Waals surface area contributed by atoms with Crippen LogP contribution >= 0.6 is 11.6 Å². The minimum absolute atomic E-state index is 0.0464. The molecule has 2 N–H and O–H groups in total. The summed E-state index contributed by atoms with van der Waals surface area (Å²) in [6.45, 7) is 1.62. The second kappa shape index (κ2) is 9.67. The lowest BCUT2D eigenvalue weighted by atomic mass is 10.1. The van der Waals surface area contributed by atoms with Gasteiger partial charge >= 0.3 is 6.18 Å². The van der Waals surface area contributed by atoms with Crippen LogP contribution in [-0.4, -0.2) is 64.8 Å². The fraction of sp³-hybridized carbons (Fsp3) is 0.292. The zero-order chi connectivity index (χ0) is 26.3. The minimum Gasteiger partial charge on any atom is -0.359 e. The second-order valence-electron chi connectivity index (χ2n) is 8.79. The van der Waals surface area contributed by atoms with Gasteiger partial charge in [-0.15, -0.1) is 0 Å². The number of pyridine rings is 1. The van der Waals surface area contributed by atoms with Crippen molar-refractivity contribution in [3.63, 3.8) is 0 Å². The molecule has 0 atom stereocenters. The molecule has 1 amide bonds. The molecule has 4 heterocycles. The Kier molecular flexibility index (Phi) is 6.54. The summed E-state index contributed by atoms with van der Waals surface area (Å²) < 4.78 is 57.8. The number of hydrogen-bond acceptors (Lipinski definition) is 6. The number of alkyl halides is 3. The Balaban J connectivity index is 1.27. The molecule has 5 rings (SSSR count). The quantitative estimate of drug-likeness (QED) is 0.338. The number of carbonyl (C=O) groups is 1. The normalized spacial score (nSPS) is 14.9. The molecule has 1 fully saturated rings. The number of carbonyl (C=O) groups excluding carboxylic acids is 1. The molecule has 1 aliphatic rings. The lowest BCUT2D eigenvalue weighted by molar-refractivity contribution is -0.146. The van der Waals surface area contributed by atoms with Crippen LogP contribution < -0.4 is 10.2 Å². The van der Waals surface area contributed by atoms with E-state index in [-0.39, 0.29) is 49.0 Å². The highest BCUT2D eigenvalue weighted by molar-refractivity contribution is 6.31. The topological polar surface area (TPSA) is 90.3 Å². The van der Waals surface area contributed by atoms with Crippen molar-refractivity contribution in [3.8, 4) is 11.3 Å². The Morgan fingerprint density at radius 2 is 1.95 bits per heavy atom. The molecule has 194 valence electrons. The van der Waals surface area contributed by atoms with Crippen molar-refractivity contribution in [2.45, 2.75) is 13.1 Å². The summed E-state index contributed by atoms with van der Waals surface area (Å²) in [5, 5.41) is 7.87. The number of fused-ring (bicyclic) bond motifs is 1. The first kappa shape index (κ1) is 25.0. The van der Waals surface area contributed by atoms with Crippen LogP contribution in [0.15, 0.2) is 41.2 Å². The van der Waals surface area contributed by atoms with Crippen LogP contribution in [0.5, 0.6) is 0 Å². The van der Waals surface area contributed by atoms with Crippen molar-refractivity contribution in [3.05, 3.63) is 58.8 Å². The van der Waals surface area contributed by atoms with E-state index in [2.05, 4.69) is 20.4 Å². The van der Waals surface area contributed by atoms with Crippen LogP contribution in [-0.2, 0) is 0 Å². The highest BCUT2D eigenvalue weighted by Crippen LogP contribution is 2.30. The smallest absolute Gasteiger partial charge is 0.359 e. The van der Waals surface area contributed by atoms with Crippen molar-refractivity contribution < 1.29 is 26.9 Å².